The third-order valence-corrected chi connectivity index (χ3v) is 6.39. The fraction of sp³-hybridized carbons (Fsp3) is 0.318. The number of rotatable bonds is 7. The number of benzene rings is 2. The van der Waals surface area contributed by atoms with Crippen LogP contribution in [0, 0.1) is 5.82 Å². The Kier molecular flexibility index (Phi) is 7.36. The maximum atomic E-state index is 14.0. The van der Waals surface area contributed by atoms with E-state index in [1.165, 1.54) is 31.0 Å². The Labute approximate surface area is 200 Å². The van der Waals surface area contributed by atoms with Gasteiger partial charge >= 0.3 is 0 Å². The first kappa shape index (κ1) is 23.3. The Morgan fingerprint density at radius 3 is 2.73 bits per heavy atom. The van der Waals surface area contributed by atoms with E-state index in [-0.39, 0.29) is 11.7 Å². The van der Waals surface area contributed by atoms with E-state index in [4.69, 9.17) is 21.1 Å². The minimum atomic E-state index is -0.514. The van der Waals surface area contributed by atoms with Crippen LogP contribution in [0.25, 0.3) is 5.69 Å². The van der Waals surface area contributed by atoms with Crippen LogP contribution in [-0.4, -0.2) is 59.3 Å². The normalized spacial score (nSPS) is 14.7. The molecule has 4 rings (SSSR count). The van der Waals surface area contributed by atoms with Crippen molar-refractivity contribution in [3.8, 4) is 11.4 Å². The molecule has 0 spiro atoms. The van der Waals surface area contributed by atoms with Crippen LogP contribution in [-0.2, 0) is 9.53 Å². The second kappa shape index (κ2) is 10.4. The molecule has 0 radical (unpaired) electrons. The first-order valence-corrected chi connectivity index (χ1v) is 11.6. The number of nitrogens with one attached hydrogen (secondary N) is 1. The van der Waals surface area contributed by atoms with Crippen molar-refractivity contribution in [2.45, 2.75) is 17.3 Å². The number of carbonyl (C=O) groups excluding carboxylic acids is 1. The topological polar surface area (TPSA) is 81.5 Å². The van der Waals surface area contributed by atoms with Gasteiger partial charge in [0.2, 0.25) is 11.9 Å². The maximum Gasteiger partial charge on any atom is 0.237 e. The van der Waals surface area contributed by atoms with Crippen LogP contribution in [0.5, 0.6) is 5.75 Å². The van der Waals surface area contributed by atoms with Crippen LogP contribution in [0.1, 0.15) is 6.92 Å². The van der Waals surface area contributed by atoms with Crippen LogP contribution >= 0.6 is 23.4 Å². The number of anilines is 2. The summed E-state index contributed by atoms with van der Waals surface area (Å²) in [5.74, 6) is 0.507. The standard InChI is InChI=1S/C22H23ClFN5O3S/c1-14(20(30)25-16-6-7-19(31-2)18(23)13-16)33-22-27-26-21(28-8-10-32-11-9-28)29(22)17-5-3-4-15(24)12-17/h3-7,12-14H,8-11H2,1-2H3,(H,25,30). The summed E-state index contributed by atoms with van der Waals surface area (Å²) in [4.78, 5) is 14.9. The van der Waals surface area contributed by atoms with E-state index >= 15 is 0 Å². The van der Waals surface area contributed by atoms with Crippen LogP contribution in [0.15, 0.2) is 47.6 Å². The van der Waals surface area contributed by atoms with Gasteiger partial charge in [0.25, 0.3) is 0 Å². The van der Waals surface area contributed by atoms with Crippen molar-refractivity contribution in [1.29, 1.82) is 0 Å². The molecule has 174 valence electrons. The molecular formula is C22H23ClFN5O3S. The second-order valence-electron chi connectivity index (χ2n) is 7.30. The molecule has 1 aliphatic rings. The molecule has 2 aromatic carbocycles. The van der Waals surface area contributed by atoms with Gasteiger partial charge < -0.3 is 19.7 Å². The zero-order valence-corrected chi connectivity index (χ0v) is 19.7. The highest BCUT2D eigenvalue weighted by molar-refractivity contribution is 8.00. The maximum absolute atomic E-state index is 14.0. The third-order valence-electron chi connectivity index (χ3n) is 5.05. The van der Waals surface area contributed by atoms with Crippen molar-refractivity contribution < 1.29 is 18.7 Å². The highest BCUT2D eigenvalue weighted by Crippen LogP contribution is 2.31. The molecule has 1 saturated heterocycles. The van der Waals surface area contributed by atoms with Gasteiger partial charge in [0.1, 0.15) is 11.6 Å². The zero-order chi connectivity index (χ0) is 23.4. The van der Waals surface area contributed by atoms with Gasteiger partial charge in [-0.05, 0) is 43.3 Å². The molecule has 3 aromatic rings. The average molecular weight is 492 g/mol. The molecule has 2 heterocycles. The van der Waals surface area contributed by atoms with Crippen molar-refractivity contribution in [3.63, 3.8) is 0 Å². The molecule has 8 nitrogen and oxygen atoms in total. The lowest BCUT2D eigenvalue weighted by molar-refractivity contribution is -0.115. The predicted molar refractivity (Wildman–Crippen MR) is 126 cm³/mol. The van der Waals surface area contributed by atoms with Gasteiger partial charge in [-0.25, -0.2) is 4.39 Å². The zero-order valence-electron chi connectivity index (χ0n) is 18.1. The molecule has 1 amide bonds. The van der Waals surface area contributed by atoms with E-state index in [0.717, 1.165) is 0 Å². The third kappa shape index (κ3) is 5.40. The van der Waals surface area contributed by atoms with Crippen molar-refractivity contribution in [2.75, 3.05) is 43.6 Å². The van der Waals surface area contributed by atoms with E-state index in [0.29, 0.717) is 59.6 Å². The van der Waals surface area contributed by atoms with E-state index in [9.17, 15) is 9.18 Å². The highest BCUT2D eigenvalue weighted by Gasteiger charge is 2.25. The summed E-state index contributed by atoms with van der Waals surface area (Å²) >= 11 is 7.39. The summed E-state index contributed by atoms with van der Waals surface area (Å²) in [6.45, 7) is 4.20. The average Bonchev–Trinajstić information content (AvgIpc) is 3.23. The number of halogens is 2. The number of nitrogens with zero attached hydrogens (tertiary/aromatic N) is 4. The first-order valence-electron chi connectivity index (χ1n) is 10.3. The molecule has 33 heavy (non-hydrogen) atoms. The van der Waals surface area contributed by atoms with E-state index in [1.54, 1.807) is 41.8 Å². The number of morpholine rings is 1. The predicted octanol–water partition coefficient (Wildman–Crippen LogP) is 4.02. The molecule has 11 heteroatoms. The van der Waals surface area contributed by atoms with E-state index < -0.39 is 5.25 Å². The van der Waals surface area contributed by atoms with Gasteiger partial charge in [-0.2, -0.15) is 0 Å². The number of hydrogen-bond acceptors (Lipinski definition) is 7. The lowest BCUT2D eigenvalue weighted by Gasteiger charge is -2.28. The molecule has 1 atom stereocenters. The quantitative estimate of drug-likeness (QED) is 0.500. The first-order chi connectivity index (χ1) is 16.0. The monoisotopic (exact) mass is 491 g/mol. The fourth-order valence-electron chi connectivity index (χ4n) is 3.35. The number of hydrogen-bond donors (Lipinski definition) is 1. The minimum absolute atomic E-state index is 0.233. The number of thioether (sulfide) groups is 1. The number of methoxy groups -OCH3 is 1. The second-order valence-corrected chi connectivity index (χ2v) is 9.01. The molecule has 0 saturated carbocycles. The van der Waals surface area contributed by atoms with Gasteiger partial charge in [0, 0.05) is 18.8 Å². The number of carbonyl (C=O) groups is 1. The Morgan fingerprint density at radius 1 is 1.24 bits per heavy atom. The lowest BCUT2D eigenvalue weighted by atomic mass is 10.3. The van der Waals surface area contributed by atoms with Crippen LogP contribution in [0.4, 0.5) is 16.0 Å². The van der Waals surface area contributed by atoms with E-state index in [2.05, 4.69) is 15.5 Å². The Morgan fingerprint density at radius 2 is 2.03 bits per heavy atom. The lowest BCUT2D eigenvalue weighted by Crippen LogP contribution is -2.38. The SMILES string of the molecule is COc1ccc(NC(=O)C(C)Sc2nnc(N3CCOCC3)n2-c2cccc(F)c2)cc1Cl. The van der Waals surface area contributed by atoms with Gasteiger partial charge in [-0.1, -0.05) is 29.4 Å². The summed E-state index contributed by atoms with van der Waals surface area (Å²) < 4.78 is 26.4. The van der Waals surface area contributed by atoms with Gasteiger partial charge in [0.15, 0.2) is 5.16 Å². The van der Waals surface area contributed by atoms with Gasteiger partial charge in [0.05, 0.1) is 36.3 Å². The molecule has 1 unspecified atom stereocenters. The number of aromatic nitrogens is 3. The molecule has 0 bridgehead atoms. The van der Waals surface area contributed by atoms with Gasteiger partial charge in [-0.15, -0.1) is 10.2 Å². The highest BCUT2D eigenvalue weighted by atomic mass is 35.5. The van der Waals surface area contributed by atoms with Crippen molar-refractivity contribution in [1.82, 2.24) is 14.8 Å². The molecule has 1 aromatic heterocycles. The molecule has 1 aliphatic heterocycles. The fourth-order valence-corrected chi connectivity index (χ4v) is 4.47. The Balaban J connectivity index is 1.57. The number of amides is 1. The van der Waals surface area contributed by atoms with Crippen molar-refractivity contribution >= 4 is 40.9 Å². The Bertz CT molecular complexity index is 1140. The summed E-state index contributed by atoms with van der Waals surface area (Å²) in [6, 6.07) is 11.2. The summed E-state index contributed by atoms with van der Waals surface area (Å²) in [6.07, 6.45) is 0. The number of ether oxygens (including phenoxy) is 2. The minimum Gasteiger partial charge on any atom is -0.495 e. The molecular weight excluding hydrogens is 469 g/mol. The van der Waals surface area contributed by atoms with Crippen LogP contribution in [0.2, 0.25) is 5.02 Å². The van der Waals surface area contributed by atoms with Gasteiger partial charge in [-0.3, -0.25) is 9.36 Å². The summed E-state index contributed by atoms with van der Waals surface area (Å²) in [5.41, 5.74) is 1.14. The van der Waals surface area contributed by atoms with E-state index in [1.807, 2.05) is 4.90 Å². The summed E-state index contributed by atoms with van der Waals surface area (Å²) in [7, 11) is 1.53. The summed E-state index contributed by atoms with van der Waals surface area (Å²) in [5, 5.41) is 11.9. The van der Waals surface area contributed by atoms with Crippen LogP contribution < -0.4 is 15.0 Å². The van der Waals surface area contributed by atoms with Crippen molar-refractivity contribution in [2.24, 2.45) is 0 Å². The Hall–Kier alpha value is -2.82. The largest absolute Gasteiger partial charge is 0.495 e. The smallest absolute Gasteiger partial charge is 0.237 e. The molecule has 1 N–H and O–H groups in total. The molecule has 1 fully saturated rings. The van der Waals surface area contributed by atoms with Crippen molar-refractivity contribution in [3.05, 3.63) is 53.3 Å². The van der Waals surface area contributed by atoms with Crippen LogP contribution in [0.3, 0.4) is 0 Å². The molecule has 0 aliphatic carbocycles.